The first-order chi connectivity index (χ1) is 23.7. The van der Waals surface area contributed by atoms with E-state index in [4.69, 9.17) is 14.4 Å². The zero-order valence-corrected chi connectivity index (χ0v) is 25.4. The van der Waals surface area contributed by atoms with Gasteiger partial charge in [0.1, 0.15) is 28.9 Å². The molecule has 0 atom stereocenters. The van der Waals surface area contributed by atoms with Crippen molar-refractivity contribution in [2.45, 2.75) is 0 Å². The molecule has 0 saturated carbocycles. The Balaban J connectivity index is 1.29. The minimum Gasteiger partial charge on any atom is -0.455 e. The molecule has 0 aliphatic rings. The van der Waals surface area contributed by atoms with Crippen molar-refractivity contribution in [1.82, 2.24) is 14.5 Å². The summed E-state index contributed by atoms with van der Waals surface area (Å²) in [5.41, 5.74) is 8.39. The van der Waals surface area contributed by atoms with Gasteiger partial charge in [-0.25, -0.2) is 9.97 Å². The number of aromatic nitrogens is 3. The molecule has 0 aliphatic heterocycles. The third-order valence-corrected chi connectivity index (χ3v) is 8.91. The van der Waals surface area contributed by atoms with Crippen molar-refractivity contribution < 1.29 is 4.42 Å². The van der Waals surface area contributed by atoms with Crippen molar-refractivity contribution in [1.29, 1.82) is 10.5 Å². The lowest BCUT2D eigenvalue weighted by atomic mass is 9.98. The van der Waals surface area contributed by atoms with Crippen LogP contribution in [0.2, 0.25) is 0 Å². The van der Waals surface area contributed by atoms with Crippen molar-refractivity contribution in [3.8, 4) is 51.7 Å². The van der Waals surface area contributed by atoms with Crippen LogP contribution in [0.25, 0.3) is 83.3 Å². The minimum absolute atomic E-state index is 0.349. The van der Waals surface area contributed by atoms with Gasteiger partial charge >= 0.3 is 0 Å². The monoisotopic (exact) mass is 613 g/mol. The molecule has 6 nitrogen and oxygen atoms in total. The van der Waals surface area contributed by atoms with Gasteiger partial charge in [0.05, 0.1) is 39.1 Å². The second-order valence-corrected chi connectivity index (χ2v) is 11.6. The zero-order valence-electron chi connectivity index (χ0n) is 25.4. The van der Waals surface area contributed by atoms with E-state index in [0.29, 0.717) is 33.9 Å². The second kappa shape index (κ2) is 10.8. The van der Waals surface area contributed by atoms with E-state index in [1.807, 2.05) is 109 Å². The number of nitriles is 2. The Hall–Kier alpha value is -7.02. The van der Waals surface area contributed by atoms with Gasteiger partial charge in [-0.2, -0.15) is 10.5 Å². The molecule has 0 saturated heterocycles. The molecule has 48 heavy (non-hydrogen) atoms. The topological polar surface area (TPSA) is 91.4 Å². The van der Waals surface area contributed by atoms with Crippen LogP contribution in [0.5, 0.6) is 0 Å². The van der Waals surface area contributed by atoms with Crippen LogP contribution in [0.3, 0.4) is 0 Å². The lowest BCUT2D eigenvalue weighted by molar-refractivity contribution is 0.673. The summed E-state index contributed by atoms with van der Waals surface area (Å²) in [4.78, 5) is 9.80. The van der Waals surface area contributed by atoms with Crippen LogP contribution in [-0.4, -0.2) is 14.5 Å². The molecule has 9 aromatic rings. The summed E-state index contributed by atoms with van der Waals surface area (Å²) >= 11 is 0. The molecule has 0 radical (unpaired) electrons. The molecule has 0 fully saturated rings. The first-order valence-corrected chi connectivity index (χ1v) is 15.5. The molecule has 0 aliphatic carbocycles. The van der Waals surface area contributed by atoms with E-state index >= 15 is 0 Å². The van der Waals surface area contributed by atoms with Gasteiger partial charge < -0.3 is 8.98 Å². The Bertz CT molecular complexity index is 2800. The quantitative estimate of drug-likeness (QED) is 0.197. The summed E-state index contributed by atoms with van der Waals surface area (Å²) in [6.45, 7) is 0. The summed E-state index contributed by atoms with van der Waals surface area (Å²) in [7, 11) is 0. The summed E-state index contributed by atoms with van der Waals surface area (Å²) in [5.74, 6) is 0.503. The van der Waals surface area contributed by atoms with Crippen molar-refractivity contribution in [2.24, 2.45) is 0 Å². The van der Waals surface area contributed by atoms with Gasteiger partial charge in [-0.3, -0.25) is 0 Å². The normalized spacial score (nSPS) is 11.3. The maximum atomic E-state index is 10.6. The van der Waals surface area contributed by atoms with E-state index in [1.165, 1.54) is 0 Å². The standard InChI is InChI=1S/C42H23N5O/c43-24-29-23-28(40-33(25-44)39(26-11-3-1-4-12-26)45-42(46-40)27-13-5-2-6-14-27)19-21-34(29)47-35-17-9-7-16-32(35)38-36(47)22-20-31-30-15-8-10-18-37(30)48-41(31)38/h1-23H. The third kappa shape index (κ3) is 4.11. The molecule has 0 amide bonds. The van der Waals surface area contributed by atoms with Gasteiger partial charge in [-0.1, -0.05) is 103 Å². The first kappa shape index (κ1) is 27.3. The molecule has 6 aromatic carbocycles. The minimum atomic E-state index is 0.349. The molecule has 0 unspecified atom stereocenters. The highest BCUT2D eigenvalue weighted by Gasteiger charge is 2.22. The highest BCUT2D eigenvalue weighted by atomic mass is 16.3. The van der Waals surface area contributed by atoms with E-state index < -0.39 is 0 Å². The van der Waals surface area contributed by atoms with Gasteiger partial charge in [0.25, 0.3) is 0 Å². The number of hydrogen-bond acceptors (Lipinski definition) is 5. The molecular formula is C42H23N5O. The van der Waals surface area contributed by atoms with Crippen molar-refractivity contribution in [3.63, 3.8) is 0 Å². The summed E-state index contributed by atoms with van der Waals surface area (Å²) < 4.78 is 8.57. The maximum absolute atomic E-state index is 10.6. The molecule has 0 bridgehead atoms. The van der Waals surface area contributed by atoms with Crippen molar-refractivity contribution in [3.05, 3.63) is 151 Å². The molecule has 222 valence electrons. The Morgan fingerprint density at radius 1 is 0.542 bits per heavy atom. The first-order valence-electron chi connectivity index (χ1n) is 15.5. The fourth-order valence-corrected chi connectivity index (χ4v) is 6.76. The van der Waals surface area contributed by atoms with Gasteiger partial charge in [-0.15, -0.1) is 0 Å². The largest absolute Gasteiger partial charge is 0.455 e. The highest BCUT2D eigenvalue weighted by molar-refractivity contribution is 6.23. The Labute approximate surface area is 275 Å². The van der Waals surface area contributed by atoms with Crippen LogP contribution in [0.15, 0.2) is 144 Å². The number of fused-ring (bicyclic) bond motifs is 7. The Morgan fingerprint density at radius 2 is 1.21 bits per heavy atom. The lowest BCUT2D eigenvalue weighted by Gasteiger charge is -2.14. The number of benzene rings is 6. The zero-order chi connectivity index (χ0) is 32.2. The molecule has 0 spiro atoms. The fourth-order valence-electron chi connectivity index (χ4n) is 6.76. The number of furan rings is 1. The summed E-state index contributed by atoms with van der Waals surface area (Å²) in [6, 6.07) is 50.3. The van der Waals surface area contributed by atoms with Gasteiger partial charge in [0.15, 0.2) is 5.82 Å². The van der Waals surface area contributed by atoms with Gasteiger partial charge in [-0.05, 0) is 36.4 Å². The van der Waals surface area contributed by atoms with Crippen LogP contribution in [0.4, 0.5) is 0 Å². The van der Waals surface area contributed by atoms with Crippen molar-refractivity contribution >= 4 is 43.7 Å². The van der Waals surface area contributed by atoms with Crippen LogP contribution >= 0.6 is 0 Å². The Kier molecular flexibility index (Phi) is 6.15. The lowest BCUT2D eigenvalue weighted by Crippen LogP contribution is -2.02. The van der Waals surface area contributed by atoms with E-state index in [-0.39, 0.29) is 0 Å². The van der Waals surface area contributed by atoms with E-state index in [2.05, 4.69) is 47.0 Å². The summed E-state index contributed by atoms with van der Waals surface area (Å²) in [5, 5.41) is 25.2. The van der Waals surface area contributed by atoms with E-state index in [1.54, 1.807) is 0 Å². The molecule has 9 rings (SSSR count). The second-order valence-electron chi connectivity index (χ2n) is 11.6. The fraction of sp³-hybridized carbons (Fsp3) is 0. The number of nitrogens with zero attached hydrogens (tertiary/aromatic N) is 5. The smallest absolute Gasteiger partial charge is 0.160 e. The molecular weight excluding hydrogens is 590 g/mol. The molecule has 3 aromatic heterocycles. The number of rotatable bonds is 4. The number of para-hydroxylation sites is 2. The van der Waals surface area contributed by atoms with Gasteiger partial charge in [0.2, 0.25) is 0 Å². The van der Waals surface area contributed by atoms with Crippen LogP contribution in [0, 0.1) is 22.7 Å². The molecule has 3 heterocycles. The average Bonchev–Trinajstić information content (AvgIpc) is 3.70. The highest BCUT2D eigenvalue weighted by Crippen LogP contribution is 2.41. The van der Waals surface area contributed by atoms with Crippen molar-refractivity contribution in [2.75, 3.05) is 0 Å². The predicted molar refractivity (Wildman–Crippen MR) is 189 cm³/mol. The summed E-state index contributed by atoms with van der Waals surface area (Å²) in [6.07, 6.45) is 0. The van der Waals surface area contributed by atoms with Crippen LogP contribution in [-0.2, 0) is 0 Å². The average molecular weight is 614 g/mol. The van der Waals surface area contributed by atoms with Crippen LogP contribution in [0.1, 0.15) is 11.1 Å². The predicted octanol–water partition coefficient (Wildman–Crippen LogP) is 10.2. The molecule has 6 heteroatoms. The SMILES string of the molecule is N#Cc1cc(-c2nc(-c3ccccc3)nc(-c3ccccc3)c2C#N)ccc1-n1c2ccccc2c2c3oc4ccccc4c3ccc21. The van der Waals surface area contributed by atoms with E-state index in [0.717, 1.165) is 60.6 Å². The van der Waals surface area contributed by atoms with E-state index in [9.17, 15) is 10.5 Å². The maximum Gasteiger partial charge on any atom is 0.160 e. The van der Waals surface area contributed by atoms with Gasteiger partial charge in [0, 0.05) is 32.8 Å². The van der Waals surface area contributed by atoms with Crippen LogP contribution < -0.4 is 0 Å². The Morgan fingerprint density at radius 3 is 1.96 bits per heavy atom. The number of hydrogen-bond donors (Lipinski definition) is 0. The third-order valence-electron chi connectivity index (χ3n) is 8.91. The molecule has 0 N–H and O–H groups in total.